The van der Waals surface area contributed by atoms with Gasteiger partial charge in [0.05, 0.1) is 0 Å². The molecule has 13 heavy (non-hydrogen) atoms. The molecule has 0 radical (unpaired) electrons. The second-order valence-electron chi connectivity index (χ2n) is 5.58. The van der Waals surface area contributed by atoms with Crippen LogP contribution in [0.3, 0.4) is 0 Å². The van der Waals surface area contributed by atoms with Gasteiger partial charge < -0.3 is 0 Å². The highest BCUT2D eigenvalue weighted by Gasteiger charge is 2.53. The van der Waals surface area contributed by atoms with Crippen LogP contribution in [0.15, 0.2) is 11.1 Å². The first-order chi connectivity index (χ1) is 6.01. The zero-order valence-electron chi connectivity index (χ0n) is 9.65. The minimum atomic E-state index is 0.618. The monoisotopic (exact) mass is 178 g/mol. The molecule has 0 aromatic heterocycles. The van der Waals surface area contributed by atoms with E-state index in [0.29, 0.717) is 5.41 Å². The SMILES string of the molecule is CCC1(C)CC1=C1C(C)C1C(C)C. The molecule has 2 aliphatic carbocycles. The molecule has 0 aromatic rings. The number of rotatable bonds is 2. The van der Waals surface area contributed by atoms with Crippen molar-refractivity contribution in [2.75, 3.05) is 0 Å². The molecule has 0 spiro atoms. The highest BCUT2D eigenvalue weighted by molar-refractivity contribution is 5.46. The number of hydrogen-bond donors (Lipinski definition) is 0. The van der Waals surface area contributed by atoms with Crippen LogP contribution < -0.4 is 0 Å². The third-order valence-corrected chi connectivity index (χ3v) is 4.30. The van der Waals surface area contributed by atoms with E-state index in [1.165, 1.54) is 12.8 Å². The lowest BCUT2D eigenvalue weighted by Gasteiger charge is -2.00. The van der Waals surface area contributed by atoms with E-state index in [9.17, 15) is 0 Å². The third kappa shape index (κ3) is 1.26. The standard InChI is InChI=1S/C13H22/c1-6-13(5)7-10(13)12-9(4)11(12)8(2)3/h8-9,11H,6-7H2,1-5H3. The van der Waals surface area contributed by atoms with Crippen LogP contribution in [-0.2, 0) is 0 Å². The van der Waals surface area contributed by atoms with Crippen molar-refractivity contribution < 1.29 is 0 Å². The first kappa shape index (κ1) is 9.30. The fraction of sp³-hybridized carbons (Fsp3) is 0.846. The minimum absolute atomic E-state index is 0.618. The molecule has 0 heterocycles. The van der Waals surface area contributed by atoms with E-state index in [1.807, 2.05) is 11.1 Å². The molecule has 0 saturated heterocycles. The van der Waals surface area contributed by atoms with Crippen molar-refractivity contribution in [3.63, 3.8) is 0 Å². The average Bonchev–Trinajstić information content (AvgIpc) is 2.88. The Bertz CT molecular complexity index is 259. The molecule has 74 valence electrons. The van der Waals surface area contributed by atoms with E-state index >= 15 is 0 Å². The molecular formula is C13H22. The summed E-state index contributed by atoms with van der Waals surface area (Å²) >= 11 is 0. The van der Waals surface area contributed by atoms with E-state index in [4.69, 9.17) is 0 Å². The minimum Gasteiger partial charge on any atom is -0.0645 e. The topological polar surface area (TPSA) is 0 Å². The molecule has 0 amide bonds. The lowest BCUT2D eigenvalue weighted by atomic mass is 10.0. The van der Waals surface area contributed by atoms with Crippen LogP contribution in [0.1, 0.15) is 47.5 Å². The van der Waals surface area contributed by atoms with Gasteiger partial charge >= 0.3 is 0 Å². The maximum atomic E-state index is 2.43. The molecule has 0 nitrogen and oxygen atoms in total. The summed E-state index contributed by atoms with van der Waals surface area (Å²) in [6.07, 6.45) is 2.73. The van der Waals surface area contributed by atoms with E-state index in [0.717, 1.165) is 17.8 Å². The quantitative estimate of drug-likeness (QED) is 0.560. The van der Waals surface area contributed by atoms with Crippen molar-refractivity contribution in [3.8, 4) is 0 Å². The molecule has 2 fully saturated rings. The van der Waals surface area contributed by atoms with Crippen molar-refractivity contribution >= 4 is 0 Å². The lowest BCUT2D eigenvalue weighted by molar-refractivity contribution is 0.537. The zero-order valence-corrected chi connectivity index (χ0v) is 9.65. The molecule has 3 atom stereocenters. The van der Waals surface area contributed by atoms with Crippen LogP contribution in [0.2, 0.25) is 0 Å². The number of allylic oxidation sites excluding steroid dienone is 2. The Morgan fingerprint density at radius 1 is 1.46 bits per heavy atom. The fourth-order valence-electron chi connectivity index (χ4n) is 2.97. The van der Waals surface area contributed by atoms with E-state index in [1.54, 1.807) is 0 Å². The first-order valence-electron chi connectivity index (χ1n) is 5.74. The van der Waals surface area contributed by atoms with Gasteiger partial charge in [-0.05, 0) is 36.0 Å². The molecule has 2 rings (SSSR count). The van der Waals surface area contributed by atoms with Crippen LogP contribution in [0.25, 0.3) is 0 Å². The smallest absolute Gasteiger partial charge is 0.00784 e. The Labute approximate surface area is 82.4 Å². The summed E-state index contributed by atoms with van der Waals surface area (Å²) in [7, 11) is 0. The Morgan fingerprint density at radius 2 is 2.08 bits per heavy atom. The van der Waals surface area contributed by atoms with Crippen LogP contribution in [0.5, 0.6) is 0 Å². The predicted octanol–water partition coefficient (Wildman–Crippen LogP) is 4.02. The van der Waals surface area contributed by atoms with Crippen molar-refractivity contribution in [2.24, 2.45) is 23.2 Å². The highest BCUT2D eigenvalue weighted by atomic mass is 14.6. The maximum Gasteiger partial charge on any atom is -0.00784 e. The normalized spacial score (nSPS) is 48.5. The van der Waals surface area contributed by atoms with Gasteiger partial charge in [-0.1, -0.05) is 45.8 Å². The van der Waals surface area contributed by atoms with Crippen LogP contribution in [-0.4, -0.2) is 0 Å². The molecule has 0 aliphatic heterocycles. The summed E-state index contributed by atoms with van der Waals surface area (Å²) in [5.41, 5.74) is 4.27. The van der Waals surface area contributed by atoms with Crippen molar-refractivity contribution in [2.45, 2.75) is 47.5 Å². The van der Waals surface area contributed by atoms with E-state index in [-0.39, 0.29) is 0 Å². The summed E-state index contributed by atoms with van der Waals surface area (Å²) in [5, 5.41) is 0. The molecule has 2 saturated carbocycles. The lowest BCUT2D eigenvalue weighted by Crippen LogP contribution is -1.91. The Morgan fingerprint density at radius 3 is 2.38 bits per heavy atom. The van der Waals surface area contributed by atoms with Gasteiger partial charge in [-0.3, -0.25) is 0 Å². The van der Waals surface area contributed by atoms with Crippen molar-refractivity contribution in [1.82, 2.24) is 0 Å². The Balaban J connectivity index is 2.14. The van der Waals surface area contributed by atoms with Gasteiger partial charge in [0.1, 0.15) is 0 Å². The zero-order chi connectivity index (χ0) is 9.80. The molecule has 0 bridgehead atoms. The van der Waals surface area contributed by atoms with E-state index < -0.39 is 0 Å². The van der Waals surface area contributed by atoms with E-state index in [2.05, 4.69) is 34.6 Å². The predicted molar refractivity (Wildman–Crippen MR) is 57.5 cm³/mol. The Kier molecular flexibility index (Phi) is 1.87. The van der Waals surface area contributed by atoms with Gasteiger partial charge in [0.15, 0.2) is 0 Å². The molecule has 0 heteroatoms. The maximum absolute atomic E-state index is 2.43. The number of hydrogen-bond acceptors (Lipinski definition) is 0. The average molecular weight is 178 g/mol. The van der Waals surface area contributed by atoms with Crippen LogP contribution in [0.4, 0.5) is 0 Å². The summed E-state index contributed by atoms with van der Waals surface area (Å²) in [5.74, 6) is 2.70. The summed E-state index contributed by atoms with van der Waals surface area (Å²) in [4.78, 5) is 0. The van der Waals surface area contributed by atoms with Gasteiger partial charge in [-0.15, -0.1) is 0 Å². The van der Waals surface area contributed by atoms with Gasteiger partial charge in [-0.25, -0.2) is 0 Å². The molecular weight excluding hydrogens is 156 g/mol. The second-order valence-corrected chi connectivity index (χ2v) is 5.58. The van der Waals surface area contributed by atoms with Gasteiger partial charge in [0.2, 0.25) is 0 Å². The fourth-order valence-corrected chi connectivity index (χ4v) is 2.97. The summed E-state index contributed by atoms with van der Waals surface area (Å²) in [6, 6.07) is 0. The Hall–Kier alpha value is -0.260. The summed E-state index contributed by atoms with van der Waals surface area (Å²) in [6.45, 7) is 11.9. The molecule has 0 N–H and O–H groups in total. The van der Waals surface area contributed by atoms with Crippen LogP contribution >= 0.6 is 0 Å². The molecule has 3 unspecified atom stereocenters. The van der Waals surface area contributed by atoms with Crippen LogP contribution in [0, 0.1) is 23.2 Å². The third-order valence-electron chi connectivity index (χ3n) is 4.30. The van der Waals surface area contributed by atoms with Gasteiger partial charge in [0.25, 0.3) is 0 Å². The van der Waals surface area contributed by atoms with Gasteiger partial charge in [0, 0.05) is 0 Å². The summed E-state index contributed by atoms with van der Waals surface area (Å²) < 4.78 is 0. The largest absolute Gasteiger partial charge is 0.0645 e. The molecule has 2 aliphatic rings. The second kappa shape index (κ2) is 2.62. The first-order valence-corrected chi connectivity index (χ1v) is 5.74. The van der Waals surface area contributed by atoms with Gasteiger partial charge in [-0.2, -0.15) is 0 Å². The highest BCUT2D eigenvalue weighted by Crippen LogP contribution is 2.65. The molecule has 0 aromatic carbocycles. The van der Waals surface area contributed by atoms with Crippen molar-refractivity contribution in [1.29, 1.82) is 0 Å². The van der Waals surface area contributed by atoms with Crippen molar-refractivity contribution in [3.05, 3.63) is 11.1 Å².